The zero-order valence-electron chi connectivity index (χ0n) is 19.4. The van der Waals surface area contributed by atoms with Crippen LogP contribution in [0.3, 0.4) is 0 Å². The Kier molecular flexibility index (Phi) is 6.23. The Morgan fingerprint density at radius 3 is 2.22 bits per heavy atom. The molecule has 2 bridgehead atoms. The minimum atomic E-state index is -3.19. The number of thioether (sulfide) groups is 1. The molecule has 0 spiro atoms. The standard InChI is InChI=1S/C20H25NO14S2/c1-21(2)17(30)3-7(4-18(21,31)19(32,5-17)34-6-22)35-16(29)20(33,12-8(23)10(25)14(27)36-12)13-9(24)11(26)15(28)37-13/h7,12,22,30-33H,3-6H2,1-2H3,(H4-,23,24,25,26,27,28)/p+1. The minimum Gasteiger partial charge on any atom is -0.507 e. The van der Waals surface area contributed by atoms with E-state index in [1.807, 2.05) is 0 Å². The van der Waals surface area contributed by atoms with E-state index < -0.39 is 109 Å². The van der Waals surface area contributed by atoms with E-state index in [1.165, 1.54) is 14.1 Å². The number of fused-ring (bicyclic) bond motifs is 2. The van der Waals surface area contributed by atoms with Crippen molar-refractivity contribution < 1.29 is 74.6 Å². The Hall–Kier alpha value is -2.35. The van der Waals surface area contributed by atoms with Crippen LogP contribution in [0.5, 0.6) is 16.6 Å². The lowest BCUT2D eigenvalue weighted by molar-refractivity contribution is -1.03. The number of likely N-dealkylation sites (N-methyl/N-ethyl adjacent to an activating group) is 1. The molecule has 0 radical (unpaired) electrons. The zero-order valence-corrected chi connectivity index (χ0v) is 21.0. The third kappa shape index (κ3) is 3.46. The summed E-state index contributed by atoms with van der Waals surface area (Å²) in [6.07, 6.45) is -3.10. The van der Waals surface area contributed by atoms with E-state index in [0.717, 1.165) is 0 Å². The fourth-order valence-electron chi connectivity index (χ4n) is 5.25. The summed E-state index contributed by atoms with van der Waals surface area (Å²) in [5.74, 6) is -8.76. The maximum absolute atomic E-state index is 13.5. The molecule has 3 aliphatic rings. The van der Waals surface area contributed by atoms with Crippen molar-refractivity contribution in [3.05, 3.63) is 16.4 Å². The number of carbonyl (C=O) groups is 2. The van der Waals surface area contributed by atoms with Crippen LogP contribution in [0, 0.1) is 0 Å². The Bertz CT molecular complexity index is 1200. The van der Waals surface area contributed by atoms with Crippen LogP contribution in [0.25, 0.3) is 0 Å². The van der Waals surface area contributed by atoms with Crippen molar-refractivity contribution >= 4 is 34.2 Å². The number of rotatable bonds is 6. The topological polar surface area (TPSA) is 255 Å². The number of piperidine rings is 1. The summed E-state index contributed by atoms with van der Waals surface area (Å²) < 4.78 is 9.67. The van der Waals surface area contributed by atoms with Gasteiger partial charge in [0.15, 0.2) is 11.5 Å². The van der Waals surface area contributed by atoms with Crippen LogP contribution in [0.4, 0.5) is 0 Å². The quantitative estimate of drug-likeness (QED) is 0.104. The fraction of sp³-hybridized carbons (Fsp3) is 0.600. The predicted octanol–water partition coefficient (Wildman–Crippen LogP) is -1.76. The number of thiophene rings is 1. The van der Waals surface area contributed by atoms with Crippen molar-refractivity contribution in [3.63, 3.8) is 0 Å². The molecule has 17 heteroatoms. The number of quaternary nitrogens is 1. The molecule has 1 aromatic rings. The van der Waals surface area contributed by atoms with E-state index in [9.17, 15) is 60.7 Å². The Labute approximate surface area is 216 Å². The number of hydrogen-bond donors (Lipinski definition) is 10. The molecule has 6 atom stereocenters. The van der Waals surface area contributed by atoms with Crippen LogP contribution in [-0.4, -0.2) is 116 Å². The van der Waals surface area contributed by atoms with E-state index in [-0.39, 0.29) is 23.1 Å². The first-order chi connectivity index (χ1) is 16.9. The number of carbonyl (C=O) groups excluding carboxylic acids is 2. The van der Waals surface area contributed by atoms with E-state index >= 15 is 0 Å². The molecule has 37 heavy (non-hydrogen) atoms. The highest BCUT2D eigenvalue weighted by Crippen LogP contribution is 2.59. The van der Waals surface area contributed by atoms with Crippen molar-refractivity contribution in [1.29, 1.82) is 0 Å². The van der Waals surface area contributed by atoms with Crippen LogP contribution < -0.4 is 0 Å². The average molecular weight is 569 g/mol. The van der Waals surface area contributed by atoms with E-state index in [4.69, 9.17) is 9.47 Å². The summed E-state index contributed by atoms with van der Waals surface area (Å²) in [5, 5.41) is 100. The van der Waals surface area contributed by atoms with Gasteiger partial charge in [0.25, 0.3) is 16.6 Å². The van der Waals surface area contributed by atoms with Crippen molar-refractivity contribution in [2.45, 2.75) is 53.5 Å². The highest BCUT2D eigenvalue weighted by molar-refractivity contribution is 8.15. The molecule has 10 N–H and O–H groups in total. The number of esters is 1. The first-order valence-corrected chi connectivity index (χ1v) is 12.4. The second-order valence-corrected chi connectivity index (χ2v) is 11.7. The largest absolute Gasteiger partial charge is 0.507 e. The smallest absolute Gasteiger partial charge is 0.345 e. The third-order valence-electron chi connectivity index (χ3n) is 7.54. The van der Waals surface area contributed by atoms with E-state index in [2.05, 4.69) is 0 Å². The molecule has 3 aliphatic heterocycles. The molecule has 206 valence electrons. The summed E-state index contributed by atoms with van der Waals surface area (Å²) in [5.41, 5.74) is -7.53. The molecule has 4 heterocycles. The molecule has 4 rings (SSSR count). The Morgan fingerprint density at radius 2 is 1.73 bits per heavy atom. The van der Waals surface area contributed by atoms with Crippen LogP contribution in [-0.2, 0) is 24.7 Å². The minimum absolute atomic E-state index is 0.0946. The van der Waals surface area contributed by atoms with Crippen LogP contribution in [0.2, 0.25) is 0 Å². The van der Waals surface area contributed by atoms with Gasteiger partial charge in [-0.3, -0.25) is 9.28 Å². The molecule has 6 unspecified atom stereocenters. The van der Waals surface area contributed by atoms with Crippen molar-refractivity contribution in [2.75, 3.05) is 20.9 Å². The number of hydrogen-bond acceptors (Lipinski definition) is 16. The monoisotopic (exact) mass is 568 g/mol. The van der Waals surface area contributed by atoms with Gasteiger partial charge in [-0.15, -0.1) is 0 Å². The summed E-state index contributed by atoms with van der Waals surface area (Å²) in [4.78, 5) is 24.6. The maximum atomic E-state index is 13.5. The lowest BCUT2D eigenvalue weighted by atomic mass is 9.90. The molecule has 0 amide bonds. The van der Waals surface area contributed by atoms with Gasteiger partial charge in [0.2, 0.25) is 27.9 Å². The molecule has 15 nitrogen and oxygen atoms in total. The normalized spacial score (nSPS) is 36.6. The Balaban J connectivity index is 1.75. The maximum Gasteiger partial charge on any atom is 0.345 e. The number of ether oxygens (including phenoxy) is 2. The molecule has 2 fully saturated rings. The van der Waals surface area contributed by atoms with E-state index in [0.29, 0.717) is 0 Å². The second kappa shape index (κ2) is 8.32. The number of aromatic hydroxyl groups is 3. The number of nitrogens with zero attached hydrogens (tertiary/aromatic N) is 1. The van der Waals surface area contributed by atoms with Gasteiger partial charge in [-0.2, -0.15) is 0 Å². The van der Waals surface area contributed by atoms with Gasteiger partial charge < -0.3 is 60.5 Å². The molecular weight excluding hydrogens is 542 g/mol. The summed E-state index contributed by atoms with van der Waals surface area (Å²) in [7, 11) is 2.74. The zero-order chi connectivity index (χ0) is 27.9. The van der Waals surface area contributed by atoms with Crippen molar-refractivity contribution in [2.24, 2.45) is 0 Å². The molecule has 0 saturated carbocycles. The van der Waals surface area contributed by atoms with Gasteiger partial charge in [-0.1, -0.05) is 23.1 Å². The summed E-state index contributed by atoms with van der Waals surface area (Å²) >= 11 is 0.217. The first-order valence-electron chi connectivity index (χ1n) is 10.7. The van der Waals surface area contributed by atoms with Crippen molar-refractivity contribution in [3.8, 4) is 16.6 Å². The number of aliphatic hydroxyl groups is 7. The van der Waals surface area contributed by atoms with E-state index in [1.54, 1.807) is 0 Å². The highest BCUT2D eigenvalue weighted by Gasteiger charge is 2.80. The first kappa shape index (κ1) is 27.7. The predicted molar refractivity (Wildman–Crippen MR) is 121 cm³/mol. The summed E-state index contributed by atoms with van der Waals surface area (Å²) in [6, 6.07) is 0. The van der Waals surface area contributed by atoms with Gasteiger partial charge in [0.1, 0.15) is 18.1 Å². The molecule has 2 saturated heterocycles. The highest BCUT2D eigenvalue weighted by atomic mass is 32.2. The molecular formula is C20H26NO14S2+. The lowest BCUT2D eigenvalue weighted by Gasteiger charge is -2.53. The Morgan fingerprint density at radius 1 is 1.11 bits per heavy atom. The third-order valence-corrected chi connectivity index (χ3v) is 9.85. The van der Waals surface area contributed by atoms with Crippen LogP contribution in [0.15, 0.2) is 11.5 Å². The van der Waals surface area contributed by atoms with Crippen LogP contribution in [0.1, 0.15) is 24.1 Å². The second-order valence-electron chi connectivity index (χ2n) is 9.64. The van der Waals surface area contributed by atoms with Gasteiger partial charge in [-0.05, 0) is 0 Å². The molecule has 1 aromatic heterocycles. The SMILES string of the molecule is C[N+]1(C)C2(O)CC(OC(=O)C(O)(c3sc(O)c(O)c3O)C3SC(=O)C(O)=C3O)CC1(O)C(O)(OCO)C2. The van der Waals surface area contributed by atoms with Gasteiger partial charge >= 0.3 is 5.97 Å². The average Bonchev–Trinajstić information content (AvgIpc) is 3.22. The summed E-state index contributed by atoms with van der Waals surface area (Å²) in [6.45, 7) is -1.02. The fourth-order valence-corrected chi connectivity index (χ4v) is 7.30. The van der Waals surface area contributed by atoms with Crippen LogP contribution >= 0.6 is 23.1 Å². The van der Waals surface area contributed by atoms with Gasteiger partial charge in [-0.25, -0.2) is 4.79 Å². The molecule has 0 aromatic carbocycles. The van der Waals surface area contributed by atoms with Gasteiger partial charge in [0, 0.05) is 0 Å². The number of aliphatic hydroxyl groups excluding tert-OH is 3. The van der Waals surface area contributed by atoms with Gasteiger partial charge in [0.05, 0.1) is 38.2 Å². The molecule has 0 aliphatic carbocycles. The lowest BCUT2D eigenvalue weighted by Crippen LogP contribution is -2.74. The van der Waals surface area contributed by atoms with Crippen molar-refractivity contribution in [1.82, 2.24) is 0 Å².